The maximum Gasteiger partial charge on any atom is 0.450 e. The molecule has 5 nitrogen and oxygen atoms in total. The van der Waals surface area contributed by atoms with E-state index < -0.39 is 40.9 Å². The van der Waals surface area contributed by atoms with Crippen molar-refractivity contribution < 1.29 is 36.2 Å². The van der Waals surface area contributed by atoms with E-state index in [1.165, 1.54) is 42.5 Å². The maximum absolute atomic E-state index is 13.8. The molecular weight excluding hydrogens is 452 g/mol. The summed E-state index contributed by atoms with van der Waals surface area (Å²) in [6, 6.07) is 10.0. The number of amides is 1. The topological polar surface area (TPSA) is 67.2 Å². The van der Waals surface area contributed by atoms with Crippen LogP contribution in [-0.2, 0) is 12.8 Å². The highest BCUT2D eigenvalue weighted by Crippen LogP contribution is 2.34. The van der Waals surface area contributed by atoms with Crippen LogP contribution in [0.15, 0.2) is 54.6 Å². The zero-order valence-corrected chi connectivity index (χ0v) is 16.4. The summed E-state index contributed by atoms with van der Waals surface area (Å²) in [6.07, 6.45) is -4.79. The van der Waals surface area contributed by atoms with Crippen molar-refractivity contribution in [1.29, 1.82) is 0 Å². The van der Waals surface area contributed by atoms with Crippen molar-refractivity contribution in [3.63, 3.8) is 0 Å². The molecule has 0 aliphatic heterocycles. The summed E-state index contributed by atoms with van der Waals surface area (Å²) in [5.41, 5.74) is -0.212. The summed E-state index contributed by atoms with van der Waals surface area (Å²) in [5.74, 6) is -6.55. The van der Waals surface area contributed by atoms with Gasteiger partial charge in [-0.1, -0.05) is 6.07 Å². The van der Waals surface area contributed by atoms with Gasteiger partial charge < -0.3 is 10.4 Å². The number of aliphatic hydroxyl groups excluding tert-OH is 1. The average Bonchev–Trinajstić information content (AvgIpc) is 3.16. The zero-order chi connectivity index (χ0) is 23.9. The van der Waals surface area contributed by atoms with E-state index in [1.54, 1.807) is 0 Å². The summed E-state index contributed by atoms with van der Waals surface area (Å²) in [4.78, 5) is 15.9. The van der Waals surface area contributed by atoms with Crippen LogP contribution in [0, 0.1) is 17.5 Å². The summed E-state index contributed by atoms with van der Waals surface area (Å²) >= 11 is 0. The fourth-order valence-electron chi connectivity index (χ4n) is 3.29. The number of alkyl halides is 3. The van der Waals surface area contributed by atoms with Crippen molar-refractivity contribution in [3.05, 3.63) is 89.0 Å². The second-order valence-electron chi connectivity index (χ2n) is 7.00. The van der Waals surface area contributed by atoms with E-state index in [0.717, 1.165) is 4.57 Å². The molecule has 0 bridgehead atoms. The van der Waals surface area contributed by atoms with Crippen LogP contribution in [0.3, 0.4) is 0 Å². The number of fused-ring (bicyclic) bond motifs is 1. The van der Waals surface area contributed by atoms with E-state index in [0.29, 0.717) is 11.6 Å². The standard InChI is InChI=1S/C22H13F6N3O2/c23-12-8-15(19(25)16(24)9-12)20(33)29-13-2-4-14(5-3-13)31-18-6-1-11(10-32)7-17(18)30-21(31)22(26,27)28/h1-9,32H,10H2,(H,29,33). The molecule has 11 heteroatoms. The van der Waals surface area contributed by atoms with Gasteiger partial charge >= 0.3 is 6.18 Å². The molecule has 4 rings (SSSR count). The van der Waals surface area contributed by atoms with Gasteiger partial charge in [0.2, 0.25) is 5.82 Å². The Balaban J connectivity index is 1.70. The van der Waals surface area contributed by atoms with E-state index in [4.69, 9.17) is 0 Å². The minimum absolute atomic E-state index is 0.0230. The molecule has 0 saturated carbocycles. The molecule has 0 fully saturated rings. The van der Waals surface area contributed by atoms with Crippen molar-refractivity contribution in [3.8, 4) is 5.69 Å². The number of nitrogens with zero attached hydrogens (tertiary/aromatic N) is 2. The third-order valence-electron chi connectivity index (χ3n) is 4.78. The molecule has 170 valence electrons. The van der Waals surface area contributed by atoms with Crippen molar-refractivity contribution in [1.82, 2.24) is 9.55 Å². The molecule has 1 heterocycles. The first-order valence-electron chi connectivity index (χ1n) is 9.34. The number of aliphatic hydroxyl groups is 1. The number of carbonyl (C=O) groups excluding carboxylic acids is 1. The van der Waals surface area contributed by atoms with Crippen molar-refractivity contribution >= 4 is 22.6 Å². The highest BCUT2D eigenvalue weighted by Gasteiger charge is 2.38. The van der Waals surface area contributed by atoms with Gasteiger partial charge in [0.05, 0.1) is 23.2 Å². The molecule has 33 heavy (non-hydrogen) atoms. The smallest absolute Gasteiger partial charge is 0.392 e. The Kier molecular flexibility index (Phi) is 5.58. The van der Waals surface area contributed by atoms with Crippen LogP contribution in [-0.4, -0.2) is 20.6 Å². The van der Waals surface area contributed by atoms with Crippen molar-refractivity contribution in [2.24, 2.45) is 0 Å². The number of aromatic nitrogens is 2. The fraction of sp³-hybridized carbons (Fsp3) is 0.0909. The average molecular weight is 465 g/mol. The van der Waals surface area contributed by atoms with Crippen LogP contribution in [0.5, 0.6) is 0 Å². The van der Waals surface area contributed by atoms with E-state index in [2.05, 4.69) is 10.3 Å². The molecule has 0 atom stereocenters. The number of imidazole rings is 1. The van der Waals surface area contributed by atoms with E-state index in [1.807, 2.05) is 0 Å². The Morgan fingerprint density at radius 1 is 1.00 bits per heavy atom. The van der Waals surface area contributed by atoms with Gasteiger partial charge in [0, 0.05) is 17.4 Å². The Bertz CT molecular complexity index is 1360. The Morgan fingerprint density at radius 3 is 2.33 bits per heavy atom. The molecule has 3 aromatic carbocycles. The highest BCUT2D eigenvalue weighted by atomic mass is 19.4. The zero-order valence-electron chi connectivity index (χ0n) is 16.4. The lowest BCUT2D eigenvalue weighted by molar-refractivity contribution is -0.145. The number of halogens is 6. The SMILES string of the molecule is O=C(Nc1ccc(-n2c(C(F)(F)F)nc3cc(CO)ccc32)cc1)c1cc(F)cc(F)c1F. The van der Waals surface area contributed by atoms with Gasteiger partial charge in [0.1, 0.15) is 5.82 Å². The summed E-state index contributed by atoms with van der Waals surface area (Å²) in [5, 5.41) is 11.5. The highest BCUT2D eigenvalue weighted by molar-refractivity contribution is 6.04. The van der Waals surface area contributed by atoms with Crippen LogP contribution < -0.4 is 5.32 Å². The van der Waals surface area contributed by atoms with Gasteiger partial charge in [-0.3, -0.25) is 9.36 Å². The van der Waals surface area contributed by atoms with Gasteiger partial charge in [0.15, 0.2) is 11.6 Å². The largest absolute Gasteiger partial charge is 0.450 e. The molecule has 0 aliphatic carbocycles. The van der Waals surface area contributed by atoms with Crippen molar-refractivity contribution in [2.75, 3.05) is 5.32 Å². The quantitative estimate of drug-likeness (QED) is 0.321. The summed E-state index contributed by atoms with van der Waals surface area (Å²) in [7, 11) is 0. The van der Waals surface area contributed by atoms with Gasteiger partial charge in [-0.25, -0.2) is 18.2 Å². The number of nitrogens with one attached hydrogen (secondary N) is 1. The minimum atomic E-state index is -4.79. The first-order valence-corrected chi connectivity index (χ1v) is 9.34. The molecular formula is C22H13F6N3O2. The lowest BCUT2D eigenvalue weighted by Gasteiger charge is -2.13. The van der Waals surface area contributed by atoms with Crippen LogP contribution in [0.25, 0.3) is 16.7 Å². The van der Waals surface area contributed by atoms with Crippen LogP contribution in [0.4, 0.5) is 32.0 Å². The maximum atomic E-state index is 13.8. The monoisotopic (exact) mass is 465 g/mol. The molecule has 2 N–H and O–H groups in total. The number of benzene rings is 3. The lowest BCUT2D eigenvalue weighted by Crippen LogP contribution is -2.16. The molecule has 0 unspecified atom stereocenters. The second-order valence-corrected chi connectivity index (χ2v) is 7.00. The Labute approximate surface area is 181 Å². The number of hydrogen-bond donors (Lipinski definition) is 2. The third kappa shape index (κ3) is 4.27. The minimum Gasteiger partial charge on any atom is -0.392 e. The third-order valence-corrected chi connectivity index (χ3v) is 4.78. The Hall–Kier alpha value is -3.86. The van der Waals surface area contributed by atoms with Gasteiger partial charge in [-0.05, 0) is 48.0 Å². The summed E-state index contributed by atoms with van der Waals surface area (Å²) < 4.78 is 82.2. The number of rotatable bonds is 4. The normalized spacial score (nSPS) is 11.7. The number of carbonyl (C=O) groups is 1. The molecule has 4 aromatic rings. The molecule has 0 aliphatic rings. The van der Waals surface area contributed by atoms with Crippen LogP contribution in [0.1, 0.15) is 21.7 Å². The van der Waals surface area contributed by atoms with Gasteiger partial charge in [0.25, 0.3) is 5.91 Å². The predicted octanol–water partition coefficient (Wildman–Crippen LogP) is 5.21. The molecule has 0 saturated heterocycles. The molecule has 0 spiro atoms. The second kappa shape index (κ2) is 8.24. The summed E-state index contributed by atoms with van der Waals surface area (Å²) in [6.45, 7) is -0.367. The fourth-order valence-corrected chi connectivity index (χ4v) is 3.29. The number of anilines is 1. The van der Waals surface area contributed by atoms with Crippen molar-refractivity contribution in [2.45, 2.75) is 12.8 Å². The number of hydrogen-bond acceptors (Lipinski definition) is 3. The Morgan fingerprint density at radius 2 is 1.70 bits per heavy atom. The van der Waals surface area contributed by atoms with Gasteiger partial charge in [-0.2, -0.15) is 13.2 Å². The van der Waals surface area contributed by atoms with E-state index in [9.17, 15) is 36.2 Å². The van der Waals surface area contributed by atoms with E-state index in [-0.39, 0.29) is 35.1 Å². The molecule has 1 amide bonds. The predicted molar refractivity (Wildman–Crippen MR) is 106 cm³/mol. The van der Waals surface area contributed by atoms with Crippen LogP contribution >= 0.6 is 0 Å². The first kappa shape index (κ1) is 22.3. The first-order chi connectivity index (χ1) is 15.6. The molecule has 1 aromatic heterocycles. The van der Waals surface area contributed by atoms with Gasteiger partial charge in [-0.15, -0.1) is 0 Å². The van der Waals surface area contributed by atoms with Crippen LogP contribution in [0.2, 0.25) is 0 Å². The van der Waals surface area contributed by atoms with E-state index >= 15 is 0 Å². The molecule has 0 radical (unpaired) electrons. The lowest BCUT2D eigenvalue weighted by atomic mass is 10.1.